The van der Waals surface area contributed by atoms with Crippen LogP contribution in [0.25, 0.3) is 11.0 Å². The van der Waals surface area contributed by atoms with Crippen molar-refractivity contribution in [3.63, 3.8) is 0 Å². The van der Waals surface area contributed by atoms with Crippen LogP contribution in [-0.4, -0.2) is 62.4 Å². The highest BCUT2D eigenvalue weighted by molar-refractivity contribution is 6.32. The number of rotatable bonds is 7. The van der Waals surface area contributed by atoms with Crippen LogP contribution in [0.3, 0.4) is 0 Å². The molecule has 1 aromatic carbocycles. The quantitative estimate of drug-likeness (QED) is 0.387. The summed E-state index contributed by atoms with van der Waals surface area (Å²) in [4.78, 5) is 32.8. The Morgan fingerprint density at radius 3 is 2.80 bits per heavy atom. The van der Waals surface area contributed by atoms with E-state index in [1.165, 1.54) is 12.4 Å². The zero-order valence-corrected chi connectivity index (χ0v) is 19.5. The van der Waals surface area contributed by atoms with Crippen LogP contribution in [0.1, 0.15) is 25.7 Å². The number of piperazine rings is 1. The van der Waals surface area contributed by atoms with Crippen LogP contribution in [0.4, 0.5) is 21.8 Å². The normalized spacial score (nSPS) is 21.7. The zero-order valence-electron chi connectivity index (χ0n) is 18.8. The van der Waals surface area contributed by atoms with Gasteiger partial charge in [0.25, 0.3) is 0 Å². The lowest BCUT2D eigenvalue weighted by molar-refractivity contribution is -0.104. The van der Waals surface area contributed by atoms with E-state index in [1.807, 2.05) is 6.20 Å². The zero-order chi connectivity index (χ0) is 23.9. The van der Waals surface area contributed by atoms with Crippen molar-refractivity contribution in [3.05, 3.63) is 47.8 Å². The van der Waals surface area contributed by atoms with Crippen LogP contribution in [0.2, 0.25) is 5.02 Å². The molecule has 0 spiro atoms. The van der Waals surface area contributed by atoms with Gasteiger partial charge in [-0.2, -0.15) is 0 Å². The summed E-state index contributed by atoms with van der Waals surface area (Å²) >= 11 is 6.27. The van der Waals surface area contributed by atoms with Crippen molar-refractivity contribution in [2.75, 3.05) is 23.3 Å². The Morgan fingerprint density at radius 1 is 1.17 bits per heavy atom. The summed E-state index contributed by atoms with van der Waals surface area (Å²) in [5.74, 6) is 0.674. The van der Waals surface area contributed by atoms with Crippen LogP contribution >= 0.6 is 11.6 Å². The predicted octanol–water partition coefficient (Wildman–Crippen LogP) is 3.86. The molecule has 1 saturated carbocycles. The number of likely N-dealkylation sites (tertiary alicyclic amines) is 1. The molecule has 0 amide bonds. The molecule has 35 heavy (non-hydrogen) atoms. The predicted molar refractivity (Wildman–Crippen MR) is 130 cm³/mol. The first kappa shape index (κ1) is 22.0. The monoisotopic (exact) mass is 495 g/mol. The highest BCUT2D eigenvalue weighted by Gasteiger charge is 2.43. The summed E-state index contributed by atoms with van der Waals surface area (Å²) in [6.45, 7) is 1.55. The molecule has 9 nitrogen and oxygen atoms in total. The molecule has 1 aliphatic carbocycles. The van der Waals surface area contributed by atoms with Gasteiger partial charge in [0, 0.05) is 25.3 Å². The molecule has 3 fully saturated rings. The molecule has 180 valence electrons. The lowest BCUT2D eigenvalue weighted by atomic mass is 9.96. The van der Waals surface area contributed by atoms with Crippen LogP contribution in [-0.2, 0) is 4.79 Å². The van der Waals surface area contributed by atoms with E-state index in [9.17, 15) is 4.79 Å². The van der Waals surface area contributed by atoms with Crippen LogP contribution < -0.4 is 15.0 Å². The van der Waals surface area contributed by atoms with E-state index in [2.05, 4.69) is 30.1 Å². The fourth-order valence-corrected chi connectivity index (χ4v) is 5.07. The second-order valence-electron chi connectivity index (χ2n) is 9.03. The highest BCUT2D eigenvalue weighted by atomic mass is 35.5. The van der Waals surface area contributed by atoms with Gasteiger partial charge in [0.15, 0.2) is 11.6 Å². The number of aromatic nitrogens is 4. The third-order valence-corrected chi connectivity index (χ3v) is 7.26. The van der Waals surface area contributed by atoms with E-state index in [-0.39, 0.29) is 22.9 Å². The molecule has 1 N–H and O–H groups in total. The van der Waals surface area contributed by atoms with Gasteiger partial charge >= 0.3 is 0 Å². The molecule has 2 saturated heterocycles. The number of aldehydes is 1. The fourth-order valence-electron chi connectivity index (χ4n) is 4.86. The van der Waals surface area contributed by atoms with Crippen LogP contribution in [0.5, 0.6) is 5.75 Å². The molecular weight excluding hydrogens is 473 g/mol. The maximum atomic E-state index is 15.1. The number of ether oxygens (including phenoxy) is 1. The molecule has 4 heterocycles. The van der Waals surface area contributed by atoms with Crippen molar-refractivity contribution in [1.82, 2.24) is 24.8 Å². The van der Waals surface area contributed by atoms with Gasteiger partial charge in [-0.25, -0.2) is 24.3 Å². The van der Waals surface area contributed by atoms with Gasteiger partial charge in [-0.1, -0.05) is 11.6 Å². The molecule has 0 unspecified atom stereocenters. The van der Waals surface area contributed by atoms with E-state index < -0.39 is 5.82 Å². The Hall–Kier alpha value is -3.53. The summed E-state index contributed by atoms with van der Waals surface area (Å²) in [5.41, 5.74) is 1.21. The summed E-state index contributed by atoms with van der Waals surface area (Å²) in [5, 5.41) is 2.96. The second kappa shape index (κ2) is 8.92. The van der Waals surface area contributed by atoms with Crippen molar-refractivity contribution in [2.24, 2.45) is 0 Å². The van der Waals surface area contributed by atoms with Gasteiger partial charge < -0.3 is 19.9 Å². The Morgan fingerprint density at radius 2 is 2.06 bits per heavy atom. The molecular formula is C24H23ClFN7O2. The van der Waals surface area contributed by atoms with E-state index in [0.29, 0.717) is 34.6 Å². The first-order valence-electron chi connectivity index (χ1n) is 11.6. The second-order valence-corrected chi connectivity index (χ2v) is 9.41. The average molecular weight is 496 g/mol. The fraction of sp³-hybridized carbons (Fsp3) is 0.375. The summed E-state index contributed by atoms with van der Waals surface area (Å²) < 4.78 is 20.9. The number of benzene rings is 1. The average Bonchev–Trinajstić information content (AvgIpc) is 3.45. The number of carbonyl (C=O) groups is 1. The minimum atomic E-state index is -0.607. The number of nitrogens with zero attached hydrogens (tertiary/aromatic N) is 6. The first-order valence-corrected chi connectivity index (χ1v) is 12.0. The van der Waals surface area contributed by atoms with Crippen molar-refractivity contribution in [1.29, 1.82) is 0 Å². The summed E-state index contributed by atoms with van der Waals surface area (Å²) in [6, 6.07) is 3.81. The molecule has 2 aromatic heterocycles. The lowest BCUT2D eigenvalue weighted by Gasteiger charge is -2.33. The molecule has 2 aliphatic heterocycles. The van der Waals surface area contributed by atoms with Gasteiger partial charge in [0.2, 0.25) is 5.95 Å². The molecule has 11 heteroatoms. The Labute approximate surface area is 206 Å². The molecule has 6 rings (SSSR count). The summed E-state index contributed by atoms with van der Waals surface area (Å²) in [7, 11) is 0. The molecule has 0 radical (unpaired) electrons. The largest absolute Gasteiger partial charge is 0.489 e. The van der Waals surface area contributed by atoms with Crippen LogP contribution in [0, 0.1) is 5.82 Å². The summed E-state index contributed by atoms with van der Waals surface area (Å²) in [6.07, 6.45) is 11.3. The van der Waals surface area contributed by atoms with Crippen LogP contribution in [0.15, 0.2) is 36.9 Å². The maximum absolute atomic E-state index is 15.1. The lowest BCUT2D eigenvalue weighted by Crippen LogP contribution is -2.44. The van der Waals surface area contributed by atoms with Crippen molar-refractivity contribution < 1.29 is 13.9 Å². The smallest absolute Gasteiger partial charge is 0.226 e. The number of fused-ring (bicyclic) bond motifs is 3. The number of halogens is 2. The standard InChI is InChI=1S/C24H23ClFN7O2/c25-20-19(35-16-3-1-4-16)6-5-17(21(20)26)30-23-22-18(28-13-29-23)10-27-24(31-22)33-12-14-9-15(33)11-32(14)7-2-8-34/h2,5-8,10,13-16H,1,3-4,9,11-12H2,(H,28,29,30)/b7-2+/t14-,15-/m0/s1. The van der Waals surface area contributed by atoms with E-state index in [0.717, 1.165) is 45.1 Å². The number of hydrogen-bond donors (Lipinski definition) is 1. The molecule has 2 atom stereocenters. The Bertz CT molecular complexity index is 1320. The molecule has 3 aliphatic rings. The topological polar surface area (TPSA) is 96.4 Å². The number of hydrogen-bond acceptors (Lipinski definition) is 9. The van der Waals surface area contributed by atoms with Crippen molar-refractivity contribution in [2.45, 2.75) is 43.9 Å². The third kappa shape index (κ3) is 4.01. The van der Waals surface area contributed by atoms with E-state index in [1.54, 1.807) is 18.3 Å². The van der Waals surface area contributed by atoms with E-state index >= 15 is 4.39 Å². The first-order chi connectivity index (χ1) is 17.1. The van der Waals surface area contributed by atoms with Crippen molar-refractivity contribution in [3.8, 4) is 5.75 Å². The minimum Gasteiger partial charge on any atom is -0.489 e. The van der Waals surface area contributed by atoms with Gasteiger partial charge in [0.05, 0.1) is 24.0 Å². The number of nitrogens with one attached hydrogen (secondary N) is 1. The number of carbonyl (C=O) groups excluding carboxylic acids is 1. The van der Waals surface area contributed by atoms with E-state index in [4.69, 9.17) is 21.3 Å². The number of anilines is 3. The van der Waals surface area contributed by atoms with Gasteiger partial charge in [-0.15, -0.1) is 0 Å². The SMILES string of the molecule is O=C/C=C/N1C[C@@H]2C[C@H]1CN2c1ncc2ncnc(Nc3ccc(OC4CCC4)c(Cl)c3F)c2n1. The van der Waals surface area contributed by atoms with Gasteiger partial charge in [-0.05, 0) is 43.9 Å². The Kier molecular flexibility index (Phi) is 5.60. The molecule has 3 aromatic rings. The third-order valence-electron chi connectivity index (χ3n) is 6.91. The highest BCUT2D eigenvalue weighted by Crippen LogP contribution is 2.37. The van der Waals surface area contributed by atoms with Crippen molar-refractivity contribution >= 4 is 46.4 Å². The number of allylic oxidation sites excluding steroid dienone is 1. The van der Waals surface area contributed by atoms with Gasteiger partial charge in [-0.3, -0.25) is 4.79 Å². The Balaban J connectivity index is 1.26. The van der Waals surface area contributed by atoms with Gasteiger partial charge in [0.1, 0.15) is 34.4 Å². The minimum absolute atomic E-state index is 0.0585. The molecule has 2 bridgehead atoms. The maximum Gasteiger partial charge on any atom is 0.226 e.